The van der Waals surface area contributed by atoms with Crippen molar-refractivity contribution >= 4 is 40.8 Å². The van der Waals surface area contributed by atoms with E-state index in [2.05, 4.69) is 5.32 Å². The van der Waals surface area contributed by atoms with Crippen LogP contribution < -0.4 is 10.1 Å². The van der Waals surface area contributed by atoms with Gasteiger partial charge in [0.1, 0.15) is 5.75 Å². The van der Waals surface area contributed by atoms with Crippen molar-refractivity contribution in [2.75, 3.05) is 11.9 Å². The molecule has 0 unspecified atom stereocenters. The maximum atomic E-state index is 12.2. The molecule has 1 amide bonds. The number of ether oxygens (including phenoxy) is 2. The molecule has 2 rings (SSSR count). The molecule has 0 fully saturated rings. The number of esters is 1. The van der Waals surface area contributed by atoms with Crippen LogP contribution in [0.5, 0.6) is 5.75 Å². The lowest BCUT2D eigenvalue weighted by Gasteiger charge is -2.14. The fourth-order valence-corrected chi connectivity index (χ4v) is 2.30. The van der Waals surface area contributed by atoms with Crippen molar-refractivity contribution in [3.05, 3.63) is 58.1 Å². The molecule has 2 aromatic carbocycles. The van der Waals surface area contributed by atoms with Crippen LogP contribution in [-0.2, 0) is 9.53 Å². The fraction of sp³-hybridized carbons (Fsp3) is 0.222. The van der Waals surface area contributed by atoms with Gasteiger partial charge in [0.2, 0.25) is 0 Å². The minimum atomic E-state index is -1.01. The van der Waals surface area contributed by atoms with Crippen LogP contribution in [-0.4, -0.2) is 24.6 Å². The first-order valence-electron chi connectivity index (χ1n) is 7.60. The lowest BCUT2D eigenvalue weighted by atomic mass is 10.2. The molecule has 0 aromatic heterocycles. The predicted octanol–water partition coefficient (Wildman–Crippen LogP) is 4.58. The first kappa shape index (κ1) is 19.1. The summed E-state index contributed by atoms with van der Waals surface area (Å²) in [4.78, 5) is 24.3. The van der Waals surface area contributed by atoms with Crippen LogP contribution in [0.25, 0.3) is 0 Å². The molecule has 7 heteroatoms. The molecule has 0 bridgehead atoms. The first-order chi connectivity index (χ1) is 11.9. The standard InChI is InChI=1S/C18H17Cl2NO4/c1-3-24-14-7-4-12(5-8-14)18(23)25-11(2)17(22)21-16-10-13(19)6-9-15(16)20/h4-11H,3H2,1-2H3,(H,21,22)/t11-/m1/s1. The molecule has 0 aliphatic heterocycles. The Bertz CT molecular complexity index is 762. The number of hydrogen-bond donors (Lipinski definition) is 1. The minimum Gasteiger partial charge on any atom is -0.494 e. The third-order valence-electron chi connectivity index (χ3n) is 3.24. The highest BCUT2D eigenvalue weighted by Gasteiger charge is 2.20. The van der Waals surface area contributed by atoms with Gasteiger partial charge in [-0.1, -0.05) is 23.2 Å². The summed E-state index contributed by atoms with van der Waals surface area (Å²) in [6, 6.07) is 11.2. The van der Waals surface area contributed by atoms with E-state index < -0.39 is 18.0 Å². The van der Waals surface area contributed by atoms with Crippen molar-refractivity contribution in [1.29, 1.82) is 0 Å². The average molecular weight is 382 g/mol. The van der Waals surface area contributed by atoms with E-state index in [1.54, 1.807) is 36.4 Å². The van der Waals surface area contributed by atoms with Gasteiger partial charge < -0.3 is 14.8 Å². The topological polar surface area (TPSA) is 64.6 Å². The van der Waals surface area contributed by atoms with Gasteiger partial charge >= 0.3 is 5.97 Å². The highest BCUT2D eigenvalue weighted by molar-refractivity contribution is 6.35. The molecule has 0 spiro atoms. The van der Waals surface area contributed by atoms with Gasteiger partial charge in [0.15, 0.2) is 6.10 Å². The summed E-state index contributed by atoms with van der Waals surface area (Å²) in [5, 5.41) is 3.35. The summed E-state index contributed by atoms with van der Waals surface area (Å²) >= 11 is 11.9. The Morgan fingerprint density at radius 3 is 2.44 bits per heavy atom. The van der Waals surface area contributed by atoms with E-state index in [0.717, 1.165) is 0 Å². The van der Waals surface area contributed by atoms with E-state index >= 15 is 0 Å². The van der Waals surface area contributed by atoms with Gasteiger partial charge in [-0.05, 0) is 56.3 Å². The smallest absolute Gasteiger partial charge is 0.338 e. The second kappa shape index (κ2) is 8.74. The highest BCUT2D eigenvalue weighted by Crippen LogP contribution is 2.25. The number of carbonyl (C=O) groups excluding carboxylic acids is 2. The van der Waals surface area contributed by atoms with Crippen molar-refractivity contribution in [2.45, 2.75) is 20.0 Å². The van der Waals surface area contributed by atoms with Crippen LogP contribution in [0.3, 0.4) is 0 Å². The molecule has 0 aliphatic rings. The Morgan fingerprint density at radius 2 is 1.80 bits per heavy atom. The van der Waals surface area contributed by atoms with Gasteiger partial charge in [-0.15, -0.1) is 0 Å². The Morgan fingerprint density at radius 1 is 1.12 bits per heavy atom. The second-order valence-electron chi connectivity index (χ2n) is 5.12. The number of anilines is 1. The zero-order valence-corrected chi connectivity index (χ0v) is 15.2. The zero-order valence-electron chi connectivity index (χ0n) is 13.7. The van der Waals surface area contributed by atoms with Crippen LogP contribution in [0.1, 0.15) is 24.2 Å². The molecule has 0 radical (unpaired) electrons. The molecule has 0 saturated carbocycles. The molecule has 132 valence electrons. The quantitative estimate of drug-likeness (QED) is 0.743. The maximum absolute atomic E-state index is 12.2. The Kier molecular flexibility index (Phi) is 6.67. The molecule has 1 atom stereocenters. The Labute approximate surface area is 155 Å². The van der Waals surface area contributed by atoms with E-state index in [1.807, 2.05) is 6.92 Å². The normalized spacial score (nSPS) is 11.5. The van der Waals surface area contributed by atoms with Gasteiger partial charge in [0, 0.05) is 5.02 Å². The molecule has 0 saturated heterocycles. The number of nitrogens with one attached hydrogen (secondary N) is 1. The lowest BCUT2D eigenvalue weighted by Crippen LogP contribution is -2.30. The largest absolute Gasteiger partial charge is 0.494 e. The zero-order chi connectivity index (χ0) is 18.4. The van der Waals surface area contributed by atoms with E-state index in [1.165, 1.54) is 13.0 Å². The van der Waals surface area contributed by atoms with Crippen LogP contribution in [0.15, 0.2) is 42.5 Å². The van der Waals surface area contributed by atoms with Gasteiger partial charge in [-0.3, -0.25) is 4.79 Å². The second-order valence-corrected chi connectivity index (χ2v) is 5.96. The third-order valence-corrected chi connectivity index (χ3v) is 3.81. The summed E-state index contributed by atoms with van der Waals surface area (Å²) < 4.78 is 10.5. The van der Waals surface area contributed by atoms with Gasteiger partial charge in [0.05, 0.1) is 22.9 Å². The van der Waals surface area contributed by atoms with Crippen LogP contribution in [0.2, 0.25) is 10.0 Å². The number of carbonyl (C=O) groups is 2. The Balaban J connectivity index is 1.98. The van der Waals surface area contributed by atoms with Gasteiger partial charge in [-0.2, -0.15) is 0 Å². The predicted molar refractivity (Wildman–Crippen MR) is 97.6 cm³/mol. The summed E-state index contributed by atoms with van der Waals surface area (Å²) in [5.41, 5.74) is 0.673. The molecule has 2 aromatic rings. The molecular weight excluding hydrogens is 365 g/mol. The van der Waals surface area contributed by atoms with Crippen molar-refractivity contribution in [3.63, 3.8) is 0 Å². The van der Waals surface area contributed by atoms with E-state index in [0.29, 0.717) is 33.7 Å². The fourth-order valence-electron chi connectivity index (χ4n) is 1.96. The average Bonchev–Trinajstić information content (AvgIpc) is 2.59. The molecule has 0 heterocycles. The van der Waals surface area contributed by atoms with E-state index in [9.17, 15) is 9.59 Å². The number of hydrogen-bond acceptors (Lipinski definition) is 4. The Hall–Kier alpha value is -2.24. The summed E-state index contributed by atoms with van der Waals surface area (Å²) in [5.74, 6) is -0.466. The number of amides is 1. The van der Waals surface area contributed by atoms with Crippen molar-refractivity contribution in [1.82, 2.24) is 0 Å². The number of halogens is 2. The van der Waals surface area contributed by atoms with Crippen LogP contribution in [0.4, 0.5) is 5.69 Å². The molecule has 1 N–H and O–H groups in total. The molecular formula is C18H17Cl2NO4. The molecule has 25 heavy (non-hydrogen) atoms. The summed E-state index contributed by atoms with van der Waals surface area (Å²) in [6.45, 7) is 3.88. The first-order valence-corrected chi connectivity index (χ1v) is 8.36. The summed E-state index contributed by atoms with van der Waals surface area (Å²) in [6.07, 6.45) is -1.01. The minimum absolute atomic E-state index is 0.323. The molecule has 5 nitrogen and oxygen atoms in total. The number of rotatable bonds is 6. The van der Waals surface area contributed by atoms with Crippen molar-refractivity contribution in [2.24, 2.45) is 0 Å². The van der Waals surface area contributed by atoms with E-state index in [4.69, 9.17) is 32.7 Å². The SMILES string of the molecule is CCOc1ccc(C(=O)O[C@H](C)C(=O)Nc2cc(Cl)ccc2Cl)cc1. The van der Waals surface area contributed by atoms with Gasteiger partial charge in [-0.25, -0.2) is 4.79 Å². The summed E-state index contributed by atoms with van der Waals surface area (Å²) in [7, 11) is 0. The lowest BCUT2D eigenvalue weighted by molar-refractivity contribution is -0.123. The van der Waals surface area contributed by atoms with Crippen molar-refractivity contribution < 1.29 is 19.1 Å². The van der Waals surface area contributed by atoms with Crippen LogP contribution >= 0.6 is 23.2 Å². The highest BCUT2D eigenvalue weighted by atomic mass is 35.5. The monoisotopic (exact) mass is 381 g/mol. The van der Waals surface area contributed by atoms with Crippen LogP contribution in [0, 0.1) is 0 Å². The molecule has 0 aliphatic carbocycles. The number of benzene rings is 2. The third kappa shape index (κ3) is 5.37. The van der Waals surface area contributed by atoms with E-state index in [-0.39, 0.29) is 0 Å². The maximum Gasteiger partial charge on any atom is 0.338 e. The van der Waals surface area contributed by atoms with Crippen molar-refractivity contribution in [3.8, 4) is 5.75 Å². The van der Waals surface area contributed by atoms with Gasteiger partial charge in [0.25, 0.3) is 5.91 Å².